The minimum atomic E-state index is -0.719. The van der Waals surface area contributed by atoms with Crippen molar-refractivity contribution in [1.82, 2.24) is 0 Å². The van der Waals surface area contributed by atoms with Gasteiger partial charge in [-0.25, -0.2) is 4.85 Å². The summed E-state index contributed by atoms with van der Waals surface area (Å²) in [5.74, 6) is 0. The number of nitrogens with zero attached hydrogens (tertiary/aromatic N) is 4. The van der Waals surface area contributed by atoms with E-state index in [-0.39, 0.29) is 0 Å². The minimum absolute atomic E-state index is 0.587. The second kappa shape index (κ2) is 16.1. The van der Waals surface area contributed by atoms with E-state index in [4.69, 9.17) is 6.57 Å². The fourth-order valence-corrected chi connectivity index (χ4v) is 10.7. The molecule has 0 radical (unpaired) electrons. The molecule has 0 unspecified atom stereocenters. The lowest BCUT2D eigenvalue weighted by Crippen LogP contribution is -2.29. The van der Waals surface area contributed by atoms with Crippen molar-refractivity contribution in [3.8, 4) is 17.2 Å². The number of nitriles is 1. The molecule has 12 rings (SSSR count). The molecule has 4 nitrogen and oxygen atoms in total. The van der Waals surface area contributed by atoms with Crippen LogP contribution >= 0.6 is 0 Å². The molecule has 0 aliphatic heterocycles. The van der Waals surface area contributed by atoms with E-state index in [1.54, 1.807) is 0 Å². The van der Waals surface area contributed by atoms with Crippen LogP contribution in [0.5, 0.6) is 0 Å². The first kappa shape index (κ1) is 39.4. The quantitative estimate of drug-likeness (QED) is 0.113. The Labute approximate surface area is 389 Å². The molecule has 0 amide bonds. The lowest BCUT2D eigenvalue weighted by atomic mass is 9.66. The number of rotatable bonds is 8. The highest BCUT2D eigenvalue weighted by atomic mass is 15.2. The van der Waals surface area contributed by atoms with Gasteiger partial charge in [-0.15, -0.1) is 0 Å². The van der Waals surface area contributed by atoms with Gasteiger partial charge >= 0.3 is 0 Å². The predicted octanol–water partition coefficient (Wildman–Crippen LogP) is 16.9. The van der Waals surface area contributed by atoms with Gasteiger partial charge < -0.3 is 9.80 Å². The first-order chi connectivity index (χ1) is 33.2. The number of benzene rings is 11. The average Bonchev–Trinajstić information content (AvgIpc) is 3.70. The van der Waals surface area contributed by atoms with Gasteiger partial charge in [0.2, 0.25) is 5.69 Å². The molecular weight excluding hydrogens is 813 g/mol. The highest BCUT2D eigenvalue weighted by Crippen LogP contribution is 2.61. The maximum absolute atomic E-state index is 10.3. The molecule has 1 aliphatic carbocycles. The van der Waals surface area contributed by atoms with Crippen LogP contribution in [0.1, 0.15) is 27.8 Å². The van der Waals surface area contributed by atoms with Gasteiger partial charge in [-0.3, -0.25) is 0 Å². The van der Waals surface area contributed by atoms with Crippen LogP contribution in [0.3, 0.4) is 0 Å². The van der Waals surface area contributed by atoms with Crippen molar-refractivity contribution < 1.29 is 0 Å². The van der Waals surface area contributed by atoms with Crippen LogP contribution in [-0.4, -0.2) is 0 Å². The lowest BCUT2D eigenvalue weighted by molar-refractivity contribution is 0.777. The average molecular weight is 853 g/mol. The summed E-state index contributed by atoms with van der Waals surface area (Å²) in [5, 5.41) is 17.2. The first-order valence-electron chi connectivity index (χ1n) is 22.5. The van der Waals surface area contributed by atoms with E-state index in [9.17, 15) is 5.26 Å². The number of fused-ring (bicyclic) bond motifs is 9. The van der Waals surface area contributed by atoms with Crippen molar-refractivity contribution >= 4 is 72.1 Å². The summed E-state index contributed by atoms with van der Waals surface area (Å²) in [6, 6.07) is 88.0. The maximum Gasteiger partial charge on any atom is 0.210 e. The van der Waals surface area contributed by atoms with E-state index >= 15 is 0 Å². The van der Waals surface area contributed by atoms with Gasteiger partial charge in [-0.2, -0.15) is 5.26 Å². The predicted molar refractivity (Wildman–Crippen MR) is 277 cm³/mol. The van der Waals surface area contributed by atoms with Gasteiger partial charge in [-0.1, -0.05) is 164 Å². The molecule has 67 heavy (non-hydrogen) atoms. The van der Waals surface area contributed by atoms with Crippen molar-refractivity contribution in [2.75, 3.05) is 9.80 Å². The minimum Gasteiger partial charge on any atom is -0.320 e. The molecule has 1 aliphatic rings. The number of hydrogen-bond donors (Lipinski definition) is 0. The molecule has 0 spiro atoms. The molecular formula is C63H40N4. The van der Waals surface area contributed by atoms with Gasteiger partial charge in [0.1, 0.15) is 6.07 Å². The lowest BCUT2D eigenvalue weighted by Gasteiger charge is -2.35. The van der Waals surface area contributed by atoms with Gasteiger partial charge in [0, 0.05) is 22.7 Å². The Morgan fingerprint density at radius 3 is 1.61 bits per heavy atom. The molecule has 0 atom stereocenters. The first-order valence-corrected chi connectivity index (χ1v) is 22.5. The smallest absolute Gasteiger partial charge is 0.210 e. The summed E-state index contributed by atoms with van der Waals surface area (Å²) in [4.78, 5) is 8.38. The third kappa shape index (κ3) is 6.20. The molecule has 4 heteroatoms. The summed E-state index contributed by atoms with van der Waals surface area (Å²) < 4.78 is 0. The summed E-state index contributed by atoms with van der Waals surface area (Å²) in [5.41, 5.74) is 13.3. The molecule has 0 aromatic heterocycles. The van der Waals surface area contributed by atoms with Gasteiger partial charge in [0.25, 0.3) is 0 Å². The van der Waals surface area contributed by atoms with Crippen LogP contribution in [0.2, 0.25) is 0 Å². The van der Waals surface area contributed by atoms with E-state index in [0.29, 0.717) is 11.3 Å². The second-order valence-corrected chi connectivity index (χ2v) is 17.0. The summed E-state index contributed by atoms with van der Waals surface area (Å²) in [6.07, 6.45) is 0. The Balaban J connectivity index is 1.18. The molecule has 0 fully saturated rings. The molecule has 0 bridgehead atoms. The SMILES string of the molecule is [C-]#[N+]c1ccccc1N(c1ccccc1)c1ccc2c3c(c4ccccc4c2c1)-c1cc2ccc(N(c4ccccc4)c4ccccc4C#N)cc2cc1C3(c1ccccc1)c1ccccc1. The van der Waals surface area contributed by atoms with Crippen LogP contribution < -0.4 is 9.80 Å². The number of hydrogen-bond acceptors (Lipinski definition) is 3. The molecule has 0 saturated carbocycles. The third-order valence-corrected chi connectivity index (χ3v) is 13.5. The molecule has 0 heterocycles. The molecule has 312 valence electrons. The van der Waals surface area contributed by atoms with Gasteiger partial charge in [0.15, 0.2) is 0 Å². The van der Waals surface area contributed by atoms with Crippen LogP contribution in [0.4, 0.5) is 39.8 Å². The van der Waals surface area contributed by atoms with E-state index in [2.05, 4.69) is 191 Å². The third-order valence-electron chi connectivity index (χ3n) is 13.5. The number of para-hydroxylation sites is 5. The standard InChI is InChI=1S/C63H40N4/c1-65-58-31-17-19-33-60(58)67(49-27-12-5-13-28-49)51-36-37-54-55(41-51)52-29-15-16-30-53(52)61-56-39-43-34-35-50(66(48-25-10-4-11-26-48)59-32-18-14-20-44(59)42-64)38-45(43)40-57(56)63(62(54)61,46-21-6-2-7-22-46)47-23-8-3-9-24-47/h2-41H. The van der Waals surface area contributed by atoms with Crippen molar-refractivity contribution in [1.29, 1.82) is 5.26 Å². The van der Waals surface area contributed by atoms with Crippen LogP contribution in [0.15, 0.2) is 243 Å². The van der Waals surface area contributed by atoms with E-state index in [0.717, 1.165) is 55.7 Å². The highest BCUT2D eigenvalue weighted by molar-refractivity contribution is 6.20. The van der Waals surface area contributed by atoms with Crippen molar-refractivity contribution in [2.45, 2.75) is 5.41 Å². The van der Waals surface area contributed by atoms with Gasteiger partial charge in [-0.05, 0) is 145 Å². The van der Waals surface area contributed by atoms with E-state index in [1.165, 1.54) is 44.2 Å². The summed E-state index contributed by atoms with van der Waals surface area (Å²) in [6.45, 7) is 8.16. The Hall–Kier alpha value is -9.22. The Kier molecular flexibility index (Phi) is 9.46. The number of anilines is 6. The molecule has 0 N–H and O–H groups in total. The van der Waals surface area contributed by atoms with Crippen molar-refractivity contribution in [3.63, 3.8) is 0 Å². The highest BCUT2D eigenvalue weighted by Gasteiger charge is 2.48. The second-order valence-electron chi connectivity index (χ2n) is 17.0. The zero-order chi connectivity index (χ0) is 44.9. The zero-order valence-corrected chi connectivity index (χ0v) is 36.4. The van der Waals surface area contributed by atoms with Crippen LogP contribution in [-0.2, 0) is 5.41 Å². The fraction of sp³-hybridized carbons (Fsp3) is 0.0159. The van der Waals surface area contributed by atoms with Crippen molar-refractivity contribution in [2.24, 2.45) is 0 Å². The van der Waals surface area contributed by atoms with E-state index in [1.807, 2.05) is 72.8 Å². The zero-order valence-electron chi connectivity index (χ0n) is 36.4. The topological polar surface area (TPSA) is 34.6 Å². The normalized spacial score (nSPS) is 12.3. The monoisotopic (exact) mass is 852 g/mol. The fourth-order valence-electron chi connectivity index (χ4n) is 10.7. The molecule has 11 aromatic carbocycles. The largest absolute Gasteiger partial charge is 0.320 e. The summed E-state index contributed by atoms with van der Waals surface area (Å²) in [7, 11) is 0. The molecule has 0 saturated heterocycles. The van der Waals surface area contributed by atoms with Crippen molar-refractivity contribution in [3.05, 3.63) is 282 Å². The van der Waals surface area contributed by atoms with Crippen LogP contribution in [0.25, 0.3) is 48.3 Å². The maximum atomic E-state index is 10.3. The Bertz CT molecular complexity index is 3740. The summed E-state index contributed by atoms with van der Waals surface area (Å²) >= 11 is 0. The molecule has 11 aromatic rings. The Morgan fingerprint density at radius 2 is 0.955 bits per heavy atom. The van der Waals surface area contributed by atoms with Crippen LogP contribution in [0, 0.1) is 17.9 Å². The van der Waals surface area contributed by atoms with Gasteiger partial charge in [0.05, 0.1) is 28.9 Å². The van der Waals surface area contributed by atoms with E-state index < -0.39 is 5.41 Å². The Morgan fingerprint density at radius 1 is 0.418 bits per heavy atom.